The molecule has 1 amide bonds. The molecule has 1 saturated heterocycles. The summed E-state index contributed by atoms with van der Waals surface area (Å²) >= 11 is 0. The number of primary amides is 1. The molecule has 0 bridgehead atoms. The number of carbonyl (C=O) groups is 1. The van der Waals surface area contributed by atoms with Crippen molar-refractivity contribution in [3.05, 3.63) is 84.2 Å². The first-order valence-corrected chi connectivity index (χ1v) is 10.2. The lowest BCUT2D eigenvalue weighted by molar-refractivity contribution is -0.127. The molecule has 5 nitrogen and oxygen atoms in total. The second kappa shape index (κ2) is 8.67. The van der Waals surface area contributed by atoms with Crippen LogP contribution in [0.25, 0.3) is 11.1 Å². The molecule has 0 spiro atoms. The van der Waals surface area contributed by atoms with E-state index in [1.807, 2.05) is 36.5 Å². The Kier molecular flexibility index (Phi) is 5.81. The summed E-state index contributed by atoms with van der Waals surface area (Å²) in [6, 6.07) is 20.3. The van der Waals surface area contributed by atoms with Gasteiger partial charge in [0.2, 0.25) is 5.91 Å². The normalized spacial score (nSPS) is 19.0. The fourth-order valence-electron chi connectivity index (χ4n) is 4.34. The van der Waals surface area contributed by atoms with Gasteiger partial charge in [-0.15, -0.1) is 0 Å². The molecule has 2 heterocycles. The Balaban J connectivity index is 1.48. The van der Waals surface area contributed by atoms with Crippen LogP contribution in [-0.2, 0) is 17.8 Å². The SMILES string of the molecule is COc1ccccc1CN1CCC(Cc2ccc(-c3cccnc3)cc2)(C(N)=O)C1. The molecule has 1 aromatic heterocycles. The van der Waals surface area contributed by atoms with Crippen LogP contribution in [0.3, 0.4) is 0 Å². The number of hydrogen-bond acceptors (Lipinski definition) is 4. The topological polar surface area (TPSA) is 68.4 Å². The third kappa shape index (κ3) is 4.21. The van der Waals surface area contributed by atoms with Crippen LogP contribution >= 0.6 is 0 Å². The lowest BCUT2D eigenvalue weighted by Gasteiger charge is -2.26. The molecule has 1 unspecified atom stereocenters. The van der Waals surface area contributed by atoms with Gasteiger partial charge in [-0.1, -0.05) is 48.5 Å². The molecule has 30 heavy (non-hydrogen) atoms. The van der Waals surface area contributed by atoms with Gasteiger partial charge in [-0.2, -0.15) is 0 Å². The number of rotatable bonds is 7. The summed E-state index contributed by atoms with van der Waals surface area (Å²) in [5.74, 6) is 0.654. The first-order chi connectivity index (χ1) is 14.6. The zero-order valence-electron chi connectivity index (χ0n) is 17.3. The van der Waals surface area contributed by atoms with Crippen LogP contribution in [0.5, 0.6) is 5.75 Å². The highest BCUT2D eigenvalue weighted by molar-refractivity contribution is 5.82. The Morgan fingerprint density at radius 3 is 2.60 bits per heavy atom. The molecule has 1 aliphatic rings. The predicted octanol–water partition coefficient (Wildman–Crippen LogP) is 3.68. The van der Waals surface area contributed by atoms with Gasteiger partial charge < -0.3 is 10.5 Å². The third-order valence-electron chi connectivity index (χ3n) is 6.03. The smallest absolute Gasteiger partial charge is 0.225 e. The molecule has 1 fully saturated rings. The minimum atomic E-state index is -0.544. The molecular formula is C25H27N3O2. The number of nitrogens with two attached hydrogens (primary N) is 1. The molecule has 154 valence electrons. The Bertz CT molecular complexity index is 1000. The van der Waals surface area contributed by atoms with Crippen molar-refractivity contribution >= 4 is 5.91 Å². The van der Waals surface area contributed by atoms with E-state index >= 15 is 0 Å². The van der Waals surface area contributed by atoms with Gasteiger partial charge >= 0.3 is 0 Å². The minimum absolute atomic E-state index is 0.221. The summed E-state index contributed by atoms with van der Waals surface area (Å²) in [6.45, 7) is 2.25. The van der Waals surface area contributed by atoms with E-state index in [9.17, 15) is 4.79 Å². The average molecular weight is 402 g/mol. The van der Waals surface area contributed by atoms with Crippen LogP contribution in [0.2, 0.25) is 0 Å². The number of carbonyl (C=O) groups excluding carboxylic acids is 1. The first-order valence-electron chi connectivity index (χ1n) is 10.2. The van der Waals surface area contributed by atoms with E-state index in [2.05, 4.69) is 40.2 Å². The van der Waals surface area contributed by atoms with Crippen molar-refractivity contribution in [3.8, 4) is 16.9 Å². The Labute approximate surface area is 177 Å². The van der Waals surface area contributed by atoms with Crippen molar-refractivity contribution in [2.24, 2.45) is 11.1 Å². The molecule has 5 heteroatoms. The lowest BCUT2D eigenvalue weighted by atomic mass is 9.80. The summed E-state index contributed by atoms with van der Waals surface area (Å²) in [7, 11) is 1.69. The standard InChI is InChI=1S/C25H27N3O2/c1-30-23-7-3-2-5-22(23)17-28-14-12-25(18-28,24(26)29)15-19-8-10-20(11-9-19)21-6-4-13-27-16-21/h2-11,13,16H,12,14-15,17-18H2,1H3,(H2,26,29). The van der Waals surface area contributed by atoms with E-state index in [4.69, 9.17) is 10.5 Å². The van der Waals surface area contributed by atoms with Gasteiger partial charge in [-0.3, -0.25) is 14.7 Å². The second-order valence-corrected chi connectivity index (χ2v) is 8.03. The van der Waals surface area contributed by atoms with Crippen LogP contribution in [0.15, 0.2) is 73.1 Å². The maximum atomic E-state index is 12.5. The number of methoxy groups -OCH3 is 1. The van der Waals surface area contributed by atoms with E-state index in [1.165, 1.54) is 0 Å². The number of hydrogen-bond donors (Lipinski definition) is 1. The van der Waals surface area contributed by atoms with Gasteiger partial charge in [-0.05, 0) is 48.2 Å². The molecule has 1 aliphatic heterocycles. The Morgan fingerprint density at radius 1 is 1.10 bits per heavy atom. The quantitative estimate of drug-likeness (QED) is 0.656. The highest BCUT2D eigenvalue weighted by Gasteiger charge is 2.43. The van der Waals surface area contributed by atoms with Gasteiger partial charge in [0.05, 0.1) is 12.5 Å². The number of para-hydroxylation sites is 1. The maximum absolute atomic E-state index is 12.5. The van der Waals surface area contributed by atoms with E-state index in [-0.39, 0.29) is 5.91 Å². The second-order valence-electron chi connectivity index (χ2n) is 8.03. The molecule has 2 aromatic carbocycles. The first kappa shape index (κ1) is 20.1. The summed E-state index contributed by atoms with van der Waals surface area (Å²) in [5.41, 5.74) is 9.82. The van der Waals surface area contributed by atoms with E-state index < -0.39 is 5.41 Å². The highest BCUT2D eigenvalue weighted by Crippen LogP contribution is 2.36. The van der Waals surface area contributed by atoms with E-state index in [1.54, 1.807) is 13.3 Å². The largest absolute Gasteiger partial charge is 0.496 e. The van der Waals surface area contributed by atoms with Crippen LogP contribution in [0, 0.1) is 5.41 Å². The molecule has 2 N–H and O–H groups in total. The van der Waals surface area contributed by atoms with Crippen molar-refractivity contribution in [2.75, 3.05) is 20.2 Å². The number of benzene rings is 2. The van der Waals surface area contributed by atoms with Crippen LogP contribution in [0.1, 0.15) is 17.5 Å². The summed E-state index contributed by atoms with van der Waals surface area (Å²) in [6.07, 6.45) is 5.04. The van der Waals surface area contributed by atoms with Gasteiger partial charge in [0.1, 0.15) is 5.75 Å². The van der Waals surface area contributed by atoms with Crippen LogP contribution in [0.4, 0.5) is 0 Å². The van der Waals surface area contributed by atoms with Gasteiger partial charge in [0.15, 0.2) is 0 Å². The monoisotopic (exact) mass is 401 g/mol. The molecule has 0 aliphatic carbocycles. The fourth-order valence-corrected chi connectivity index (χ4v) is 4.34. The van der Waals surface area contributed by atoms with Crippen molar-refractivity contribution in [3.63, 3.8) is 0 Å². The number of ether oxygens (including phenoxy) is 1. The van der Waals surface area contributed by atoms with E-state index in [0.29, 0.717) is 13.0 Å². The van der Waals surface area contributed by atoms with Crippen molar-refractivity contribution in [1.82, 2.24) is 9.88 Å². The van der Waals surface area contributed by atoms with Crippen LogP contribution < -0.4 is 10.5 Å². The summed E-state index contributed by atoms with van der Waals surface area (Å²) < 4.78 is 5.48. The Hall–Kier alpha value is -3.18. The zero-order valence-corrected chi connectivity index (χ0v) is 17.3. The highest BCUT2D eigenvalue weighted by atomic mass is 16.5. The molecule has 4 rings (SSSR count). The number of amides is 1. The van der Waals surface area contributed by atoms with Gasteiger partial charge in [-0.25, -0.2) is 0 Å². The number of aromatic nitrogens is 1. The van der Waals surface area contributed by atoms with Crippen molar-refractivity contribution in [2.45, 2.75) is 19.4 Å². The Morgan fingerprint density at radius 2 is 1.90 bits per heavy atom. The van der Waals surface area contributed by atoms with Gasteiger partial charge in [0, 0.05) is 31.0 Å². The molecule has 0 radical (unpaired) electrons. The zero-order chi connectivity index (χ0) is 21.0. The fraction of sp³-hybridized carbons (Fsp3) is 0.280. The average Bonchev–Trinajstić information content (AvgIpc) is 3.19. The number of likely N-dealkylation sites (tertiary alicyclic amines) is 1. The molecular weight excluding hydrogens is 374 g/mol. The van der Waals surface area contributed by atoms with E-state index in [0.717, 1.165) is 47.5 Å². The minimum Gasteiger partial charge on any atom is -0.496 e. The van der Waals surface area contributed by atoms with Crippen molar-refractivity contribution in [1.29, 1.82) is 0 Å². The number of nitrogens with zero attached hydrogens (tertiary/aromatic N) is 2. The predicted molar refractivity (Wildman–Crippen MR) is 118 cm³/mol. The summed E-state index contributed by atoms with van der Waals surface area (Å²) in [5, 5.41) is 0. The number of pyridine rings is 1. The van der Waals surface area contributed by atoms with Gasteiger partial charge in [0.25, 0.3) is 0 Å². The summed E-state index contributed by atoms with van der Waals surface area (Å²) in [4.78, 5) is 19.0. The molecule has 1 atom stereocenters. The molecule has 3 aromatic rings. The molecule has 0 saturated carbocycles. The third-order valence-corrected chi connectivity index (χ3v) is 6.03. The maximum Gasteiger partial charge on any atom is 0.225 e. The van der Waals surface area contributed by atoms with Crippen LogP contribution in [-0.4, -0.2) is 36.0 Å². The van der Waals surface area contributed by atoms with Crippen molar-refractivity contribution < 1.29 is 9.53 Å². The lowest BCUT2D eigenvalue weighted by Crippen LogP contribution is -2.41.